The molecule has 0 aliphatic heterocycles. The maximum absolute atomic E-state index is 10.3. The Morgan fingerprint density at radius 3 is 2.82 bits per heavy atom. The quantitative estimate of drug-likeness (QED) is 0.707. The van der Waals surface area contributed by atoms with Gasteiger partial charge in [0.25, 0.3) is 0 Å². The molecular weight excluding hydrogens is 218 g/mol. The fraction of sp³-hybridized carbons (Fsp3) is 0.462. The molecule has 0 bridgehead atoms. The molecule has 17 heavy (non-hydrogen) atoms. The zero-order chi connectivity index (χ0) is 12.7. The number of carbonyl (C=O) groups is 1. The van der Waals surface area contributed by atoms with Crippen molar-refractivity contribution in [3.05, 3.63) is 29.3 Å². The molecule has 0 aliphatic rings. The number of rotatable bonds is 7. The summed E-state index contributed by atoms with van der Waals surface area (Å²) in [5, 5.41) is 11.3. The lowest BCUT2D eigenvalue weighted by molar-refractivity contribution is -0.135. The second-order valence-electron chi connectivity index (χ2n) is 3.85. The summed E-state index contributed by atoms with van der Waals surface area (Å²) in [7, 11) is 0. The van der Waals surface area contributed by atoms with Crippen molar-refractivity contribution in [3.63, 3.8) is 0 Å². The van der Waals surface area contributed by atoms with Gasteiger partial charge in [0.2, 0.25) is 0 Å². The molecule has 0 spiro atoms. The highest BCUT2D eigenvalue weighted by molar-refractivity contribution is 5.68. The van der Waals surface area contributed by atoms with Gasteiger partial charge in [0, 0.05) is 0 Å². The van der Waals surface area contributed by atoms with Crippen molar-refractivity contribution in [3.8, 4) is 5.75 Å². The summed E-state index contributed by atoms with van der Waals surface area (Å²) in [6, 6.07) is 6.05. The summed E-state index contributed by atoms with van der Waals surface area (Å²) in [6.45, 7) is 5.32. The summed E-state index contributed by atoms with van der Waals surface area (Å²) in [5.74, 6) is 0.0858. The highest BCUT2D eigenvalue weighted by Crippen LogP contribution is 2.19. The largest absolute Gasteiger partial charge is 0.494 e. The minimum Gasteiger partial charge on any atom is -0.494 e. The Morgan fingerprint density at radius 1 is 1.47 bits per heavy atom. The molecule has 0 heterocycles. The van der Waals surface area contributed by atoms with Gasteiger partial charge in [-0.3, -0.25) is 4.79 Å². The highest BCUT2D eigenvalue weighted by Gasteiger charge is 2.01. The zero-order valence-corrected chi connectivity index (χ0v) is 10.3. The van der Waals surface area contributed by atoms with Crippen molar-refractivity contribution in [2.45, 2.75) is 20.3 Å². The van der Waals surface area contributed by atoms with E-state index in [-0.39, 0.29) is 6.54 Å². The summed E-state index contributed by atoms with van der Waals surface area (Å²) in [5.41, 5.74) is 2.30. The smallest absolute Gasteiger partial charge is 0.317 e. The molecule has 1 rings (SSSR count). The van der Waals surface area contributed by atoms with E-state index in [2.05, 4.69) is 11.4 Å². The van der Waals surface area contributed by atoms with E-state index in [1.165, 1.54) is 5.56 Å². The van der Waals surface area contributed by atoms with E-state index in [9.17, 15) is 4.79 Å². The van der Waals surface area contributed by atoms with Gasteiger partial charge >= 0.3 is 5.97 Å². The molecule has 0 aromatic heterocycles. The number of aryl methyl sites for hydroxylation is 1. The fourth-order valence-electron chi connectivity index (χ4n) is 1.61. The van der Waals surface area contributed by atoms with Gasteiger partial charge in [-0.25, -0.2) is 0 Å². The van der Waals surface area contributed by atoms with Gasteiger partial charge in [-0.05, 0) is 44.0 Å². The molecule has 0 amide bonds. The molecule has 0 radical (unpaired) electrons. The molecule has 2 N–H and O–H groups in total. The van der Waals surface area contributed by atoms with Crippen molar-refractivity contribution < 1.29 is 14.6 Å². The number of ether oxygens (including phenoxy) is 1. The van der Waals surface area contributed by atoms with Crippen molar-refractivity contribution in [1.82, 2.24) is 5.32 Å². The van der Waals surface area contributed by atoms with E-state index < -0.39 is 5.97 Å². The monoisotopic (exact) mass is 237 g/mol. The third-order valence-electron chi connectivity index (χ3n) is 2.41. The van der Waals surface area contributed by atoms with Gasteiger partial charge in [-0.2, -0.15) is 0 Å². The number of hydrogen-bond donors (Lipinski definition) is 2. The molecule has 1 aromatic rings. The molecule has 0 aliphatic carbocycles. The van der Waals surface area contributed by atoms with Crippen LogP contribution >= 0.6 is 0 Å². The van der Waals surface area contributed by atoms with Crippen LogP contribution in [0.4, 0.5) is 0 Å². The predicted molar refractivity (Wildman–Crippen MR) is 66.6 cm³/mol. The molecule has 1 aromatic carbocycles. The molecular formula is C13H19NO3. The maximum atomic E-state index is 10.3. The molecule has 0 saturated carbocycles. The first kappa shape index (κ1) is 13.5. The number of aliphatic carboxylic acids is 1. The lowest BCUT2D eigenvalue weighted by Gasteiger charge is -2.09. The van der Waals surface area contributed by atoms with Gasteiger partial charge in [0.05, 0.1) is 13.2 Å². The molecule has 4 heteroatoms. The van der Waals surface area contributed by atoms with Crippen molar-refractivity contribution in [2.75, 3.05) is 19.7 Å². The Hall–Kier alpha value is -1.55. The van der Waals surface area contributed by atoms with Crippen molar-refractivity contribution in [1.29, 1.82) is 0 Å². The number of hydrogen-bond acceptors (Lipinski definition) is 3. The van der Waals surface area contributed by atoms with E-state index >= 15 is 0 Å². The van der Waals surface area contributed by atoms with Crippen LogP contribution in [-0.4, -0.2) is 30.8 Å². The first-order chi connectivity index (χ1) is 8.13. The van der Waals surface area contributed by atoms with E-state index in [0.717, 1.165) is 17.7 Å². The highest BCUT2D eigenvalue weighted by atomic mass is 16.5. The van der Waals surface area contributed by atoms with Crippen LogP contribution in [-0.2, 0) is 11.2 Å². The normalized spacial score (nSPS) is 10.2. The predicted octanol–water partition coefficient (Wildman–Crippen LogP) is 1.61. The summed E-state index contributed by atoms with van der Waals surface area (Å²) >= 11 is 0. The molecule has 4 nitrogen and oxygen atoms in total. The Balaban J connectivity index is 2.44. The minimum absolute atomic E-state index is 0.00993. The minimum atomic E-state index is -0.826. The third kappa shape index (κ3) is 4.87. The first-order valence-corrected chi connectivity index (χ1v) is 5.78. The topological polar surface area (TPSA) is 58.6 Å². The van der Waals surface area contributed by atoms with Gasteiger partial charge in [0.1, 0.15) is 5.75 Å². The lowest BCUT2D eigenvalue weighted by Crippen LogP contribution is -2.24. The van der Waals surface area contributed by atoms with Crippen LogP contribution in [0.25, 0.3) is 0 Å². The van der Waals surface area contributed by atoms with Gasteiger partial charge in [-0.15, -0.1) is 0 Å². The van der Waals surface area contributed by atoms with Crippen LogP contribution in [0.1, 0.15) is 18.1 Å². The Morgan fingerprint density at radius 2 is 2.24 bits per heavy atom. The van der Waals surface area contributed by atoms with E-state index in [1.807, 2.05) is 26.0 Å². The number of benzene rings is 1. The number of carboxylic acids is 1. The fourth-order valence-corrected chi connectivity index (χ4v) is 1.61. The van der Waals surface area contributed by atoms with E-state index in [4.69, 9.17) is 9.84 Å². The third-order valence-corrected chi connectivity index (χ3v) is 2.41. The molecule has 0 fully saturated rings. The first-order valence-electron chi connectivity index (χ1n) is 5.78. The average Bonchev–Trinajstić information content (AvgIpc) is 2.28. The maximum Gasteiger partial charge on any atom is 0.317 e. The molecule has 94 valence electrons. The summed E-state index contributed by atoms with van der Waals surface area (Å²) in [6.07, 6.45) is 0.820. The standard InChI is InChI=1S/C13H19NO3/c1-3-17-12-5-4-11(8-10(12)2)6-7-14-9-13(15)16/h4-5,8,14H,3,6-7,9H2,1-2H3,(H,15,16). The molecule has 0 atom stereocenters. The van der Waals surface area contributed by atoms with Gasteiger partial charge < -0.3 is 15.2 Å². The van der Waals surface area contributed by atoms with Crippen LogP contribution in [0.15, 0.2) is 18.2 Å². The second-order valence-corrected chi connectivity index (χ2v) is 3.85. The van der Waals surface area contributed by atoms with Crippen LogP contribution in [0.3, 0.4) is 0 Å². The SMILES string of the molecule is CCOc1ccc(CCNCC(=O)O)cc1C. The van der Waals surface area contributed by atoms with E-state index in [0.29, 0.717) is 13.2 Å². The Labute approximate surface area is 102 Å². The zero-order valence-electron chi connectivity index (χ0n) is 10.3. The molecule has 0 saturated heterocycles. The lowest BCUT2D eigenvalue weighted by atomic mass is 10.1. The Bertz CT molecular complexity index is 377. The van der Waals surface area contributed by atoms with E-state index in [1.54, 1.807) is 0 Å². The van der Waals surface area contributed by atoms with Gasteiger partial charge in [-0.1, -0.05) is 12.1 Å². The number of carboxylic acid groups (broad SMARTS) is 1. The Kier molecular flexibility index (Phi) is 5.49. The van der Waals surface area contributed by atoms with Crippen molar-refractivity contribution >= 4 is 5.97 Å². The average molecular weight is 237 g/mol. The summed E-state index contributed by atoms with van der Waals surface area (Å²) in [4.78, 5) is 10.3. The van der Waals surface area contributed by atoms with Crippen LogP contribution in [0, 0.1) is 6.92 Å². The summed E-state index contributed by atoms with van der Waals surface area (Å²) < 4.78 is 5.46. The van der Waals surface area contributed by atoms with Crippen LogP contribution < -0.4 is 10.1 Å². The van der Waals surface area contributed by atoms with Gasteiger partial charge in [0.15, 0.2) is 0 Å². The number of nitrogens with one attached hydrogen (secondary N) is 1. The van der Waals surface area contributed by atoms with Crippen LogP contribution in [0.5, 0.6) is 5.75 Å². The molecule has 0 unspecified atom stereocenters. The van der Waals surface area contributed by atoms with Crippen molar-refractivity contribution in [2.24, 2.45) is 0 Å². The second kappa shape index (κ2) is 6.91. The van der Waals surface area contributed by atoms with Crippen LogP contribution in [0.2, 0.25) is 0 Å².